The Morgan fingerprint density at radius 2 is 1.49 bits per heavy atom. The van der Waals surface area contributed by atoms with Crippen LogP contribution in [0, 0.1) is 5.92 Å². The van der Waals surface area contributed by atoms with Gasteiger partial charge in [0.25, 0.3) is 0 Å². The van der Waals surface area contributed by atoms with Gasteiger partial charge in [0.05, 0.1) is 16.2 Å². The summed E-state index contributed by atoms with van der Waals surface area (Å²) in [6.45, 7) is 3.98. The molecule has 4 aromatic rings. The lowest BCUT2D eigenvalue weighted by Gasteiger charge is -2.31. The van der Waals surface area contributed by atoms with Crippen molar-refractivity contribution >= 4 is 54.2 Å². The molecule has 0 unspecified atom stereocenters. The average molecular weight is 713 g/mol. The van der Waals surface area contributed by atoms with Crippen molar-refractivity contribution in [3.05, 3.63) is 84.6 Å². The van der Waals surface area contributed by atoms with E-state index >= 15 is 0 Å². The average Bonchev–Trinajstić information content (AvgIpc) is 3.45. The van der Waals surface area contributed by atoms with Crippen molar-refractivity contribution in [2.24, 2.45) is 5.92 Å². The van der Waals surface area contributed by atoms with Crippen molar-refractivity contribution in [3.63, 3.8) is 0 Å². The molecule has 1 heterocycles. The van der Waals surface area contributed by atoms with Crippen LogP contribution in [0.5, 0.6) is 0 Å². The Labute approximate surface area is 287 Å². The fraction of sp³-hybridized carbons (Fsp3) is 0.353. The van der Waals surface area contributed by atoms with Gasteiger partial charge in [0.15, 0.2) is 0 Å². The molecule has 0 spiro atoms. The number of sulfonamides is 2. The summed E-state index contributed by atoms with van der Waals surface area (Å²) in [4.78, 5) is 28.5. The number of aromatic nitrogens is 1. The number of aromatic amines is 1. The van der Waals surface area contributed by atoms with Gasteiger partial charge in [-0.15, -0.1) is 0 Å². The minimum absolute atomic E-state index is 0.0210. The number of carboxylic acids is 1. The van der Waals surface area contributed by atoms with Crippen LogP contribution in [0.4, 0.5) is 11.4 Å². The number of rotatable bonds is 18. The fourth-order valence-electron chi connectivity index (χ4n) is 5.58. The van der Waals surface area contributed by atoms with Crippen LogP contribution in [0.25, 0.3) is 10.9 Å². The number of amides is 1. The highest BCUT2D eigenvalue weighted by molar-refractivity contribution is 7.89. The monoisotopic (exact) mass is 712 g/mol. The maximum Gasteiger partial charge on any atom is 0.304 e. The van der Waals surface area contributed by atoms with E-state index in [1.807, 2.05) is 38.1 Å². The standard InChI is InChI=1S/C34H44N6O7S2/c1-23(2)22-40(49(46,47)29-16-12-26(36)13-17-29)27(20-33(41)42)7-5-6-18-37-34(43)32(19-24-21-38-31-9-4-3-8-30(24)31)39-48(44,45)28-14-10-25(35)11-15-28/h3-4,8-17,21,23,27,32,38-39H,5-7,18-20,22,35-36H2,1-2H3,(H,37,43)(H,41,42)/t27-,32-/m0/s1. The molecule has 0 saturated carbocycles. The van der Waals surface area contributed by atoms with E-state index in [1.165, 1.54) is 52.8 Å². The zero-order chi connectivity index (χ0) is 35.8. The molecule has 4 rings (SSSR count). The first-order valence-corrected chi connectivity index (χ1v) is 18.9. The lowest BCUT2D eigenvalue weighted by Crippen LogP contribution is -2.48. The first-order valence-electron chi connectivity index (χ1n) is 16.0. The van der Waals surface area contributed by atoms with Crippen molar-refractivity contribution in [2.45, 2.75) is 67.8 Å². The molecule has 1 amide bonds. The molecular weight excluding hydrogens is 669 g/mol. The van der Waals surface area contributed by atoms with E-state index in [1.54, 1.807) is 6.20 Å². The van der Waals surface area contributed by atoms with Gasteiger partial charge in [-0.1, -0.05) is 38.5 Å². The van der Waals surface area contributed by atoms with E-state index in [-0.39, 0.29) is 41.6 Å². The summed E-state index contributed by atoms with van der Waals surface area (Å²) in [6.07, 6.45) is 2.43. The molecule has 0 aliphatic rings. The van der Waals surface area contributed by atoms with Gasteiger partial charge in [-0.2, -0.15) is 9.03 Å². The molecule has 0 fully saturated rings. The number of fused-ring (bicyclic) bond motifs is 1. The second-order valence-electron chi connectivity index (χ2n) is 12.4. The number of para-hydroxylation sites is 1. The number of anilines is 2. The number of H-pyrrole nitrogens is 1. The van der Waals surface area contributed by atoms with Crippen molar-refractivity contribution in [3.8, 4) is 0 Å². The Hall–Kier alpha value is -4.44. The molecular formula is C34H44N6O7S2. The number of benzene rings is 3. The molecule has 49 heavy (non-hydrogen) atoms. The van der Waals surface area contributed by atoms with Gasteiger partial charge in [-0.05, 0) is 85.3 Å². The molecule has 0 saturated heterocycles. The molecule has 0 aliphatic carbocycles. The van der Waals surface area contributed by atoms with Crippen LogP contribution in [0.2, 0.25) is 0 Å². The zero-order valence-electron chi connectivity index (χ0n) is 27.5. The van der Waals surface area contributed by atoms with Crippen molar-refractivity contribution in [2.75, 3.05) is 24.6 Å². The number of carbonyl (C=O) groups excluding carboxylic acids is 1. The highest BCUT2D eigenvalue weighted by Gasteiger charge is 2.33. The molecule has 13 nitrogen and oxygen atoms in total. The summed E-state index contributed by atoms with van der Waals surface area (Å²) in [5, 5.41) is 13.3. The Balaban J connectivity index is 1.46. The third kappa shape index (κ3) is 10.0. The van der Waals surface area contributed by atoms with E-state index in [4.69, 9.17) is 11.5 Å². The number of carboxylic acid groups (broad SMARTS) is 1. The molecule has 3 aromatic carbocycles. The van der Waals surface area contributed by atoms with E-state index in [2.05, 4.69) is 15.0 Å². The van der Waals surface area contributed by atoms with Gasteiger partial charge in [0.1, 0.15) is 6.04 Å². The van der Waals surface area contributed by atoms with E-state index in [9.17, 15) is 31.5 Å². The molecule has 8 N–H and O–H groups in total. The minimum Gasteiger partial charge on any atom is -0.481 e. The van der Waals surface area contributed by atoms with Crippen LogP contribution >= 0.6 is 0 Å². The smallest absolute Gasteiger partial charge is 0.304 e. The normalized spacial score (nSPS) is 13.5. The summed E-state index contributed by atoms with van der Waals surface area (Å²) in [7, 11) is -8.13. The van der Waals surface area contributed by atoms with Crippen LogP contribution in [-0.2, 0) is 36.1 Å². The lowest BCUT2D eigenvalue weighted by molar-refractivity contribution is -0.138. The van der Waals surface area contributed by atoms with E-state index in [0.29, 0.717) is 24.2 Å². The second-order valence-corrected chi connectivity index (χ2v) is 16.0. The van der Waals surface area contributed by atoms with Crippen LogP contribution in [0.3, 0.4) is 0 Å². The van der Waals surface area contributed by atoms with Gasteiger partial charge in [0, 0.05) is 47.6 Å². The van der Waals surface area contributed by atoms with Crippen LogP contribution < -0.4 is 21.5 Å². The van der Waals surface area contributed by atoms with E-state index < -0.39 is 50.4 Å². The number of nitrogens with two attached hydrogens (primary N) is 2. The number of nitrogens with one attached hydrogen (secondary N) is 3. The highest BCUT2D eigenvalue weighted by Crippen LogP contribution is 2.25. The maximum atomic E-state index is 13.7. The van der Waals surface area contributed by atoms with Gasteiger partial charge >= 0.3 is 5.97 Å². The number of aliphatic carboxylic acids is 1. The van der Waals surface area contributed by atoms with Crippen molar-refractivity contribution in [1.82, 2.24) is 19.3 Å². The Morgan fingerprint density at radius 3 is 2.10 bits per heavy atom. The molecule has 0 bridgehead atoms. The fourth-order valence-corrected chi connectivity index (χ4v) is 8.59. The zero-order valence-corrected chi connectivity index (χ0v) is 29.1. The number of carbonyl (C=O) groups is 2. The number of hydrogen-bond acceptors (Lipinski definition) is 8. The Morgan fingerprint density at radius 1 is 0.878 bits per heavy atom. The number of nitrogens with zero attached hydrogens (tertiary/aromatic N) is 1. The summed E-state index contributed by atoms with van der Waals surface area (Å²) >= 11 is 0. The predicted molar refractivity (Wildman–Crippen MR) is 189 cm³/mol. The molecule has 1 aromatic heterocycles. The second kappa shape index (κ2) is 16.3. The van der Waals surface area contributed by atoms with Crippen molar-refractivity contribution < 1.29 is 31.5 Å². The summed E-state index contributed by atoms with van der Waals surface area (Å²) in [5.74, 6) is -1.75. The quantitative estimate of drug-likeness (QED) is 0.0654. The van der Waals surface area contributed by atoms with Gasteiger partial charge in [-0.3, -0.25) is 9.59 Å². The topological polar surface area (TPSA) is 218 Å². The summed E-state index contributed by atoms with van der Waals surface area (Å²) in [5.41, 5.74) is 13.9. The van der Waals surface area contributed by atoms with Gasteiger partial charge in [0.2, 0.25) is 26.0 Å². The lowest BCUT2D eigenvalue weighted by atomic mass is 10.0. The predicted octanol–water partition coefficient (Wildman–Crippen LogP) is 3.70. The molecule has 15 heteroatoms. The Bertz CT molecular complexity index is 1940. The molecule has 0 radical (unpaired) electrons. The minimum atomic E-state index is -4.10. The van der Waals surface area contributed by atoms with Crippen LogP contribution in [-0.4, -0.2) is 68.3 Å². The van der Waals surface area contributed by atoms with Crippen LogP contribution in [0.1, 0.15) is 45.1 Å². The summed E-state index contributed by atoms with van der Waals surface area (Å²) < 4.78 is 57.7. The number of nitrogen functional groups attached to an aromatic ring is 2. The maximum absolute atomic E-state index is 13.7. The van der Waals surface area contributed by atoms with Crippen molar-refractivity contribution in [1.29, 1.82) is 0 Å². The van der Waals surface area contributed by atoms with Crippen LogP contribution in [0.15, 0.2) is 88.8 Å². The van der Waals surface area contributed by atoms with E-state index in [0.717, 1.165) is 16.5 Å². The SMILES string of the molecule is CC(C)CN([C@@H](CCCCNC(=O)[C@H](Cc1c[nH]c2ccccc12)NS(=O)(=O)c1ccc(N)cc1)CC(=O)O)S(=O)(=O)c1ccc(N)cc1. The Kier molecular flexibility index (Phi) is 12.4. The molecule has 264 valence electrons. The van der Waals surface area contributed by atoms with Gasteiger partial charge < -0.3 is 26.9 Å². The third-order valence-electron chi connectivity index (χ3n) is 8.02. The first-order chi connectivity index (χ1) is 23.2. The third-order valence-corrected chi connectivity index (χ3v) is 11.4. The van der Waals surface area contributed by atoms with Gasteiger partial charge in [-0.25, -0.2) is 16.8 Å². The number of unbranched alkanes of at least 4 members (excludes halogenated alkanes) is 1. The summed E-state index contributed by atoms with van der Waals surface area (Å²) in [6, 6.07) is 16.9. The molecule has 2 atom stereocenters. The first kappa shape index (κ1) is 37.4. The molecule has 0 aliphatic heterocycles. The number of hydrogen-bond donors (Lipinski definition) is 6. The highest BCUT2D eigenvalue weighted by atomic mass is 32.2. The largest absolute Gasteiger partial charge is 0.481 e.